The van der Waals surface area contributed by atoms with Crippen LogP contribution in [0.3, 0.4) is 0 Å². The summed E-state index contributed by atoms with van der Waals surface area (Å²) in [6.07, 6.45) is 1.65. The first-order chi connectivity index (χ1) is 15.6. The van der Waals surface area contributed by atoms with Gasteiger partial charge in [0.15, 0.2) is 0 Å². The van der Waals surface area contributed by atoms with Crippen molar-refractivity contribution in [1.82, 2.24) is 14.9 Å². The van der Waals surface area contributed by atoms with Crippen molar-refractivity contribution in [3.05, 3.63) is 95.3 Å². The molecule has 5 rings (SSSR count). The van der Waals surface area contributed by atoms with Crippen LogP contribution in [0.1, 0.15) is 40.6 Å². The molecule has 1 aliphatic heterocycles. The number of hydrogen-bond acceptors (Lipinski definition) is 3. The van der Waals surface area contributed by atoms with Gasteiger partial charge >= 0.3 is 0 Å². The molecule has 3 aromatic carbocycles. The molecule has 162 valence electrons. The fourth-order valence-corrected chi connectivity index (χ4v) is 4.09. The quantitative estimate of drug-likeness (QED) is 0.459. The number of carbonyl (C=O) groups excluding carboxylic acids is 1. The maximum Gasteiger partial charge on any atom is 0.254 e. The fourth-order valence-electron chi connectivity index (χ4n) is 4.09. The number of fused-ring (bicyclic) bond motifs is 1. The zero-order valence-corrected chi connectivity index (χ0v) is 17.2. The highest BCUT2D eigenvalue weighted by atomic mass is 19.1. The lowest BCUT2D eigenvalue weighted by Gasteiger charge is -2.23. The van der Waals surface area contributed by atoms with Gasteiger partial charge in [0.25, 0.3) is 5.91 Å². The van der Waals surface area contributed by atoms with Gasteiger partial charge < -0.3 is 14.6 Å². The lowest BCUT2D eigenvalue weighted by atomic mass is 10.1. The van der Waals surface area contributed by atoms with Crippen LogP contribution in [0.4, 0.5) is 8.78 Å². The third-order valence-corrected chi connectivity index (χ3v) is 5.69. The van der Waals surface area contributed by atoms with Crippen LogP contribution in [0.2, 0.25) is 0 Å². The predicted molar refractivity (Wildman–Crippen MR) is 116 cm³/mol. The van der Waals surface area contributed by atoms with Crippen LogP contribution in [0, 0.1) is 11.6 Å². The number of ether oxygens (including phenoxy) is 1. The number of likely N-dealkylation sites (tertiary alicyclic amines) is 1. The van der Waals surface area contributed by atoms with E-state index in [1.165, 1.54) is 24.3 Å². The van der Waals surface area contributed by atoms with E-state index < -0.39 is 0 Å². The van der Waals surface area contributed by atoms with Gasteiger partial charge in [-0.15, -0.1) is 0 Å². The smallest absolute Gasteiger partial charge is 0.254 e. The third kappa shape index (κ3) is 4.06. The summed E-state index contributed by atoms with van der Waals surface area (Å²) in [5.74, 6) is 0.502. The molecule has 4 aromatic rings. The average molecular weight is 433 g/mol. The van der Waals surface area contributed by atoms with Gasteiger partial charge in [-0.1, -0.05) is 18.2 Å². The molecule has 0 aliphatic carbocycles. The summed E-state index contributed by atoms with van der Waals surface area (Å²) < 4.78 is 32.4. The summed E-state index contributed by atoms with van der Waals surface area (Å²) in [6.45, 7) is 0.898. The van der Waals surface area contributed by atoms with E-state index in [2.05, 4.69) is 9.97 Å². The van der Waals surface area contributed by atoms with Crippen molar-refractivity contribution >= 4 is 16.9 Å². The molecule has 1 aromatic heterocycles. The summed E-state index contributed by atoms with van der Waals surface area (Å²) >= 11 is 0. The summed E-state index contributed by atoms with van der Waals surface area (Å²) in [5, 5.41) is 0. The van der Waals surface area contributed by atoms with Gasteiger partial charge in [-0.05, 0) is 66.9 Å². The van der Waals surface area contributed by atoms with Crippen LogP contribution in [0.5, 0.6) is 5.75 Å². The monoisotopic (exact) mass is 433 g/mol. The van der Waals surface area contributed by atoms with E-state index in [9.17, 15) is 13.6 Å². The van der Waals surface area contributed by atoms with Crippen LogP contribution in [-0.2, 0) is 6.61 Å². The number of benzene rings is 3. The molecule has 0 spiro atoms. The minimum atomic E-state index is -0.329. The van der Waals surface area contributed by atoms with Crippen molar-refractivity contribution in [3.63, 3.8) is 0 Å². The van der Waals surface area contributed by atoms with Crippen molar-refractivity contribution in [2.75, 3.05) is 6.54 Å². The molecule has 0 bridgehead atoms. The fraction of sp³-hybridized carbons (Fsp3) is 0.200. The van der Waals surface area contributed by atoms with Crippen molar-refractivity contribution in [2.45, 2.75) is 25.5 Å². The summed E-state index contributed by atoms with van der Waals surface area (Å²) in [7, 11) is 0. The molecule has 1 unspecified atom stereocenters. The Morgan fingerprint density at radius 2 is 1.88 bits per heavy atom. The number of rotatable bonds is 5. The molecule has 32 heavy (non-hydrogen) atoms. The SMILES string of the molecule is O=C(c1cccc(OCc2ccc(F)cc2)c1)N1CCCC1c1nc2ccc(F)cc2[nH]1. The minimum absolute atomic E-state index is 0.105. The number of carbonyl (C=O) groups is 1. The summed E-state index contributed by atoms with van der Waals surface area (Å²) in [4.78, 5) is 22.8. The molecule has 1 fully saturated rings. The lowest BCUT2D eigenvalue weighted by molar-refractivity contribution is 0.0730. The van der Waals surface area contributed by atoms with E-state index in [0.29, 0.717) is 34.7 Å². The van der Waals surface area contributed by atoms with E-state index in [0.717, 1.165) is 18.4 Å². The third-order valence-electron chi connectivity index (χ3n) is 5.69. The number of aromatic nitrogens is 2. The number of nitrogens with zero attached hydrogens (tertiary/aromatic N) is 2. The van der Waals surface area contributed by atoms with E-state index in [4.69, 9.17) is 4.74 Å². The van der Waals surface area contributed by atoms with E-state index in [1.807, 2.05) is 0 Å². The number of hydrogen-bond donors (Lipinski definition) is 1. The van der Waals surface area contributed by atoms with Crippen LogP contribution in [0.15, 0.2) is 66.7 Å². The maximum atomic E-state index is 13.5. The molecule has 1 atom stereocenters. The van der Waals surface area contributed by atoms with Crippen LogP contribution < -0.4 is 4.74 Å². The zero-order valence-electron chi connectivity index (χ0n) is 17.2. The highest BCUT2D eigenvalue weighted by Crippen LogP contribution is 2.33. The molecule has 1 N–H and O–H groups in total. The number of imidazole rings is 1. The van der Waals surface area contributed by atoms with Gasteiger partial charge in [0, 0.05) is 12.1 Å². The van der Waals surface area contributed by atoms with Crippen molar-refractivity contribution in [3.8, 4) is 5.75 Å². The molecule has 1 saturated heterocycles. The summed E-state index contributed by atoms with van der Waals surface area (Å²) in [6, 6.07) is 17.4. The van der Waals surface area contributed by atoms with Crippen LogP contribution in [0.25, 0.3) is 11.0 Å². The second-order valence-electron chi connectivity index (χ2n) is 7.88. The van der Waals surface area contributed by atoms with E-state index in [-0.39, 0.29) is 30.2 Å². The molecule has 0 saturated carbocycles. The Balaban J connectivity index is 1.33. The molecule has 2 heterocycles. The Bertz CT molecular complexity index is 1270. The normalized spacial score (nSPS) is 15.9. The molecule has 5 nitrogen and oxygen atoms in total. The highest BCUT2D eigenvalue weighted by Gasteiger charge is 2.32. The van der Waals surface area contributed by atoms with Crippen molar-refractivity contribution < 1.29 is 18.3 Å². The van der Waals surface area contributed by atoms with E-state index >= 15 is 0 Å². The summed E-state index contributed by atoms with van der Waals surface area (Å²) in [5.41, 5.74) is 2.66. The first-order valence-electron chi connectivity index (χ1n) is 10.5. The molecular weight excluding hydrogens is 412 g/mol. The maximum absolute atomic E-state index is 13.5. The Morgan fingerprint density at radius 3 is 2.72 bits per heavy atom. The molecule has 1 aliphatic rings. The highest BCUT2D eigenvalue weighted by molar-refractivity contribution is 5.95. The Labute approximate surface area is 183 Å². The zero-order chi connectivity index (χ0) is 22.1. The van der Waals surface area contributed by atoms with Crippen LogP contribution in [-0.4, -0.2) is 27.3 Å². The standard InChI is InChI=1S/C25H21F2N3O2/c26-18-8-6-16(7-9-18)15-32-20-4-1-3-17(13-20)25(31)30-12-2-5-23(30)24-28-21-11-10-19(27)14-22(21)29-24/h1,3-4,6-11,13-14,23H,2,5,12,15H2,(H,28,29). The van der Waals surface area contributed by atoms with Crippen LogP contribution >= 0.6 is 0 Å². The largest absolute Gasteiger partial charge is 0.489 e. The molecule has 7 heteroatoms. The number of H-pyrrole nitrogens is 1. The second kappa shape index (κ2) is 8.42. The first kappa shape index (κ1) is 20.2. The van der Waals surface area contributed by atoms with Gasteiger partial charge in [-0.2, -0.15) is 0 Å². The molecular formula is C25H21F2N3O2. The van der Waals surface area contributed by atoms with Gasteiger partial charge in [0.2, 0.25) is 0 Å². The lowest BCUT2D eigenvalue weighted by Crippen LogP contribution is -2.31. The van der Waals surface area contributed by atoms with E-state index in [1.54, 1.807) is 47.4 Å². The van der Waals surface area contributed by atoms with Crippen molar-refractivity contribution in [1.29, 1.82) is 0 Å². The molecule has 0 radical (unpaired) electrons. The average Bonchev–Trinajstić information content (AvgIpc) is 3.45. The minimum Gasteiger partial charge on any atom is -0.489 e. The van der Waals surface area contributed by atoms with Gasteiger partial charge in [-0.25, -0.2) is 13.8 Å². The Kier molecular flexibility index (Phi) is 5.31. The van der Waals surface area contributed by atoms with Gasteiger partial charge in [-0.3, -0.25) is 4.79 Å². The number of nitrogens with one attached hydrogen (secondary N) is 1. The predicted octanol–water partition coefficient (Wildman–Crippen LogP) is 5.40. The Hall–Kier alpha value is -3.74. The number of aromatic amines is 1. The molecule has 1 amide bonds. The van der Waals surface area contributed by atoms with Gasteiger partial charge in [0.05, 0.1) is 17.1 Å². The second-order valence-corrected chi connectivity index (χ2v) is 7.88. The Morgan fingerprint density at radius 1 is 1.06 bits per heavy atom. The number of amides is 1. The van der Waals surface area contributed by atoms with Crippen molar-refractivity contribution in [2.24, 2.45) is 0 Å². The van der Waals surface area contributed by atoms with Gasteiger partial charge in [0.1, 0.15) is 29.8 Å². The number of halogens is 2. The first-order valence-corrected chi connectivity index (χ1v) is 10.5. The topological polar surface area (TPSA) is 58.2 Å².